The van der Waals surface area contributed by atoms with Gasteiger partial charge in [0.2, 0.25) is 0 Å². The van der Waals surface area contributed by atoms with Crippen molar-refractivity contribution in [2.24, 2.45) is 5.92 Å². The van der Waals surface area contributed by atoms with E-state index in [9.17, 15) is 9.18 Å². The van der Waals surface area contributed by atoms with Crippen molar-refractivity contribution in [1.82, 2.24) is 10.3 Å². The molecule has 0 spiro atoms. The third-order valence-corrected chi connectivity index (χ3v) is 5.47. The Kier molecular flexibility index (Phi) is 5.13. The fourth-order valence-corrected chi connectivity index (χ4v) is 3.96. The molecule has 2 fully saturated rings. The fraction of sp³-hybridized carbons (Fsp3) is 0.545. The van der Waals surface area contributed by atoms with Crippen molar-refractivity contribution in [3.8, 4) is 0 Å². The molecule has 2 aromatic rings. The second kappa shape index (κ2) is 7.55. The zero-order valence-corrected chi connectivity index (χ0v) is 16.0. The van der Waals surface area contributed by atoms with E-state index in [0.717, 1.165) is 37.8 Å². The van der Waals surface area contributed by atoms with Crippen molar-refractivity contribution in [3.05, 3.63) is 41.3 Å². The van der Waals surface area contributed by atoms with E-state index in [1.165, 1.54) is 12.1 Å². The number of hydrogen-bond donors (Lipinski definition) is 1. The van der Waals surface area contributed by atoms with Crippen LogP contribution in [-0.2, 0) is 4.74 Å². The van der Waals surface area contributed by atoms with E-state index in [1.54, 1.807) is 6.07 Å². The van der Waals surface area contributed by atoms with Crippen LogP contribution in [0.3, 0.4) is 0 Å². The van der Waals surface area contributed by atoms with Gasteiger partial charge in [-0.3, -0.25) is 9.78 Å². The number of aromatic nitrogens is 1. The van der Waals surface area contributed by atoms with Crippen LogP contribution in [0.25, 0.3) is 10.9 Å². The van der Waals surface area contributed by atoms with Crippen molar-refractivity contribution in [3.63, 3.8) is 0 Å². The molecule has 1 amide bonds. The van der Waals surface area contributed by atoms with Crippen LogP contribution in [0.1, 0.15) is 67.9 Å². The van der Waals surface area contributed by atoms with Crippen molar-refractivity contribution in [2.45, 2.75) is 64.0 Å². The number of nitrogens with one attached hydrogen (secondary N) is 1. The topological polar surface area (TPSA) is 51.2 Å². The Morgan fingerprint density at radius 2 is 2.11 bits per heavy atom. The minimum atomic E-state index is -0.347. The van der Waals surface area contributed by atoms with E-state index >= 15 is 0 Å². The van der Waals surface area contributed by atoms with Gasteiger partial charge in [-0.25, -0.2) is 4.39 Å². The van der Waals surface area contributed by atoms with Crippen LogP contribution < -0.4 is 5.32 Å². The number of ether oxygens (including phenoxy) is 1. The third kappa shape index (κ3) is 4.29. The predicted octanol–water partition coefficient (Wildman–Crippen LogP) is 4.57. The van der Waals surface area contributed by atoms with Crippen LogP contribution in [0.2, 0.25) is 0 Å². The van der Waals surface area contributed by atoms with Gasteiger partial charge in [-0.2, -0.15) is 0 Å². The van der Waals surface area contributed by atoms with Crippen LogP contribution >= 0.6 is 0 Å². The van der Waals surface area contributed by atoms with E-state index in [0.29, 0.717) is 34.9 Å². The van der Waals surface area contributed by atoms with E-state index in [1.807, 2.05) is 6.07 Å². The molecular formula is C22H27FN2O2. The smallest absolute Gasteiger partial charge is 0.252 e. The SMILES string of the molecule is CC(C)C[C@@H]1C[C@H](NC(=O)c2cc(C3CC3)nc3ccc(F)cc23)CCO1. The summed E-state index contributed by atoms with van der Waals surface area (Å²) in [5, 5.41) is 3.75. The first-order chi connectivity index (χ1) is 13.0. The highest BCUT2D eigenvalue weighted by molar-refractivity contribution is 6.06. The molecule has 0 radical (unpaired) electrons. The number of fused-ring (bicyclic) bond motifs is 1. The summed E-state index contributed by atoms with van der Waals surface area (Å²) in [5.41, 5.74) is 2.17. The summed E-state index contributed by atoms with van der Waals surface area (Å²) in [6, 6.07) is 6.44. The van der Waals surface area contributed by atoms with Crippen molar-refractivity contribution >= 4 is 16.8 Å². The molecule has 5 heteroatoms. The Labute approximate surface area is 159 Å². The molecule has 2 atom stereocenters. The van der Waals surface area contributed by atoms with Gasteiger partial charge in [0.05, 0.1) is 17.2 Å². The number of benzene rings is 1. The molecule has 2 heterocycles. The third-order valence-electron chi connectivity index (χ3n) is 5.47. The Bertz CT molecular complexity index is 848. The van der Waals surface area contributed by atoms with E-state index < -0.39 is 0 Å². The van der Waals surface area contributed by atoms with E-state index in [4.69, 9.17) is 4.74 Å². The Balaban J connectivity index is 1.57. The van der Waals surface area contributed by atoms with Crippen LogP contribution in [0.4, 0.5) is 4.39 Å². The molecule has 1 aliphatic carbocycles. The highest BCUT2D eigenvalue weighted by Gasteiger charge is 2.29. The molecule has 2 aliphatic rings. The maximum Gasteiger partial charge on any atom is 0.252 e. The second-order valence-electron chi connectivity index (χ2n) is 8.35. The van der Waals surface area contributed by atoms with Crippen LogP contribution in [0.5, 0.6) is 0 Å². The number of halogens is 1. The molecule has 144 valence electrons. The van der Waals surface area contributed by atoms with Crippen molar-refractivity contribution in [1.29, 1.82) is 0 Å². The lowest BCUT2D eigenvalue weighted by molar-refractivity contribution is -0.00845. The number of amides is 1. The summed E-state index contributed by atoms with van der Waals surface area (Å²) in [5.74, 6) is 0.521. The van der Waals surface area contributed by atoms with Crippen LogP contribution in [-0.4, -0.2) is 29.6 Å². The molecule has 1 aromatic carbocycles. The number of nitrogens with zero attached hydrogens (tertiary/aromatic N) is 1. The van der Waals surface area contributed by atoms with Gasteiger partial charge in [0.1, 0.15) is 5.82 Å². The number of rotatable bonds is 5. The van der Waals surface area contributed by atoms with Gasteiger partial charge in [0.25, 0.3) is 5.91 Å². The van der Waals surface area contributed by atoms with Gasteiger partial charge >= 0.3 is 0 Å². The Hall–Kier alpha value is -2.01. The average molecular weight is 370 g/mol. The van der Waals surface area contributed by atoms with Gasteiger partial charge < -0.3 is 10.1 Å². The molecule has 0 bridgehead atoms. The Morgan fingerprint density at radius 1 is 1.30 bits per heavy atom. The van der Waals surface area contributed by atoms with Gasteiger partial charge in [0.15, 0.2) is 0 Å². The van der Waals surface area contributed by atoms with E-state index in [-0.39, 0.29) is 23.9 Å². The monoisotopic (exact) mass is 370 g/mol. The molecule has 1 saturated carbocycles. The Morgan fingerprint density at radius 3 is 2.85 bits per heavy atom. The van der Waals surface area contributed by atoms with Crippen molar-refractivity contribution in [2.75, 3.05) is 6.61 Å². The lowest BCUT2D eigenvalue weighted by Crippen LogP contribution is -2.42. The zero-order valence-electron chi connectivity index (χ0n) is 16.0. The minimum Gasteiger partial charge on any atom is -0.378 e. The summed E-state index contributed by atoms with van der Waals surface area (Å²) in [7, 11) is 0. The molecule has 4 rings (SSSR count). The van der Waals surface area contributed by atoms with Gasteiger partial charge in [0, 0.05) is 29.6 Å². The first-order valence-electron chi connectivity index (χ1n) is 10.0. The largest absolute Gasteiger partial charge is 0.378 e. The first-order valence-corrected chi connectivity index (χ1v) is 10.0. The molecule has 1 aliphatic heterocycles. The summed E-state index contributed by atoms with van der Waals surface area (Å²) < 4.78 is 19.6. The molecule has 1 aromatic heterocycles. The van der Waals surface area contributed by atoms with Crippen LogP contribution in [0.15, 0.2) is 24.3 Å². The van der Waals surface area contributed by atoms with Crippen LogP contribution in [0, 0.1) is 11.7 Å². The maximum atomic E-state index is 13.8. The lowest BCUT2D eigenvalue weighted by Gasteiger charge is -2.31. The quantitative estimate of drug-likeness (QED) is 0.838. The van der Waals surface area contributed by atoms with Crippen molar-refractivity contribution < 1.29 is 13.9 Å². The maximum absolute atomic E-state index is 13.8. The van der Waals surface area contributed by atoms with Gasteiger partial charge in [-0.15, -0.1) is 0 Å². The van der Waals surface area contributed by atoms with Gasteiger partial charge in [-0.05, 0) is 62.3 Å². The lowest BCUT2D eigenvalue weighted by atomic mass is 9.95. The second-order valence-corrected chi connectivity index (χ2v) is 8.35. The summed E-state index contributed by atoms with van der Waals surface area (Å²) >= 11 is 0. The first kappa shape index (κ1) is 18.4. The highest BCUT2D eigenvalue weighted by Crippen LogP contribution is 2.40. The molecular weight excluding hydrogens is 343 g/mol. The summed E-state index contributed by atoms with van der Waals surface area (Å²) in [6.07, 6.45) is 5.05. The number of hydrogen-bond acceptors (Lipinski definition) is 3. The zero-order chi connectivity index (χ0) is 19.0. The average Bonchev–Trinajstić information content (AvgIpc) is 3.45. The fourth-order valence-electron chi connectivity index (χ4n) is 3.96. The predicted molar refractivity (Wildman–Crippen MR) is 103 cm³/mol. The summed E-state index contributed by atoms with van der Waals surface area (Å²) in [6.45, 7) is 5.03. The molecule has 27 heavy (non-hydrogen) atoms. The normalized spacial score (nSPS) is 23.0. The van der Waals surface area contributed by atoms with Gasteiger partial charge in [-0.1, -0.05) is 13.8 Å². The minimum absolute atomic E-state index is 0.0937. The molecule has 1 saturated heterocycles. The number of pyridine rings is 1. The molecule has 4 nitrogen and oxygen atoms in total. The standard InChI is InChI=1S/C22H27FN2O2/c1-13(2)9-17-11-16(7-8-27-17)24-22(26)19-12-21(14-3-4-14)25-20-6-5-15(23)10-18(19)20/h5-6,10,12-14,16-17H,3-4,7-9,11H2,1-2H3,(H,24,26)/t16-,17-/m1/s1. The highest BCUT2D eigenvalue weighted by atomic mass is 19.1. The summed E-state index contributed by atoms with van der Waals surface area (Å²) in [4.78, 5) is 17.7. The number of carbonyl (C=O) groups excluding carboxylic acids is 1. The van der Waals surface area contributed by atoms with E-state index in [2.05, 4.69) is 24.1 Å². The molecule has 0 unspecified atom stereocenters. The molecule has 1 N–H and O–H groups in total. The number of carbonyl (C=O) groups is 1.